The van der Waals surface area contributed by atoms with Crippen molar-refractivity contribution in [2.24, 2.45) is 5.92 Å². The molecule has 0 saturated carbocycles. The van der Waals surface area contributed by atoms with Crippen LogP contribution in [0.5, 0.6) is 0 Å². The molecule has 0 N–H and O–H groups in total. The molecule has 0 rings (SSSR count). The maximum absolute atomic E-state index is 2.42. The quantitative estimate of drug-likeness (QED) is 0.489. The van der Waals surface area contributed by atoms with E-state index in [1.54, 1.807) is 0 Å². The van der Waals surface area contributed by atoms with Crippen LogP contribution in [0.15, 0.2) is 12.2 Å². The minimum atomic E-state index is 0.844. The minimum absolute atomic E-state index is 0.844. The lowest BCUT2D eigenvalue weighted by atomic mass is 9.98. The third-order valence-corrected chi connectivity index (χ3v) is 2.32. The minimum Gasteiger partial charge on any atom is -0.0883 e. The van der Waals surface area contributed by atoms with E-state index in [4.69, 9.17) is 0 Å². The Morgan fingerprint density at radius 1 is 1.08 bits per heavy atom. The van der Waals surface area contributed by atoms with Crippen LogP contribution in [0.3, 0.4) is 0 Å². The van der Waals surface area contributed by atoms with E-state index >= 15 is 0 Å². The van der Waals surface area contributed by atoms with Crippen LogP contribution in [0.25, 0.3) is 0 Å². The molecular formula is C12H24. The van der Waals surface area contributed by atoms with Crippen molar-refractivity contribution >= 4 is 0 Å². The number of unbranched alkanes of at least 4 members (excludes halogenated alkanes) is 2. The van der Waals surface area contributed by atoms with Gasteiger partial charge in [0.05, 0.1) is 0 Å². The van der Waals surface area contributed by atoms with Crippen molar-refractivity contribution in [1.82, 2.24) is 0 Å². The molecule has 0 saturated heterocycles. The average molecular weight is 168 g/mol. The fourth-order valence-corrected chi connectivity index (χ4v) is 1.36. The molecule has 0 aliphatic rings. The molecule has 0 aromatic carbocycles. The molecule has 0 aromatic heterocycles. The Hall–Kier alpha value is -0.260. The SMILES string of the molecule is CCC/C=C/[C@@H](CC)CCCC. The molecule has 0 spiro atoms. The molecule has 0 radical (unpaired) electrons. The van der Waals surface area contributed by atoms with Crippen molar-refractivity contribution in [3.8, 4) is 0 Å². The van der Waals surface area contributed by atoms with Crippen LogP contribution >= 0.6 is 0 Å². The van der Waals surface area contributed by atoms with Gasteiger partial charge in [0.15, 0.2) is 0 Å². The van der Waals surface area contributed by atoms with Gasteiger partial charge >= 0.3 is 0 Å². The number of rotatable bonds is 7. The average Bonchev–Trinajstić information content (AvgIpc) is 2.11. The second-order valence-corrected chi connectivity index (χ2v) is 3.53. The molecule has 0 nitrogen and oxygen atoms in total. The Morgan fingerprint density at radius 3 is 2.33 bits per heavy atom. The maximum atomic E-state index is 2.42. The second kappa shape index (κ2) is 8.83. The molecular weight excluding hydrogens is 144 g/mol. The third-order valence-electron chi connectivity index (χ3n) is 2.32. The summed E-state index contributed by atoms with van der Waals surface area (Å²) in [6.45, 7) is 6.79. The predicted octanol–water partition coefficient (Wildman–Crippen LogP) is 4.56. The van der Waals surface area contributed by atoms with E-state index < -0.39 is 0 Å². The molecule has 72 valence electrons. The summed E-state index contributed by atoms with van der Waals surface area (Å²) in [4.78, 5) is 0. The first-order valence-electron chi connectivity index (χ1n) is 5.51. The van der Waals surface area contributed by atoms with Gasteiger partial charge in [0.1, 0.15) is 0 Å². The van der Waals surface area contributed by atoms with Gasteiger partial charge < -0.3 is 0 Å². The Labute approximate surface area is 78.1 Å². The van der Waals surface area contributed by atoms with Crippen LogP contribution in [-0.4, -0.2) is 0 Å². The number of hydrogen-bond acceptors (Lipinski definition) is 0. The molecule has 0 heteroatoms. The van der Waals surface area contributed by atoms with Crippen molar-refractivity contribution in [2.75, 3.05) is 0 Å². The lowest BCUT2D eigenvalue weighted by Gasteiger charge is -2.07. The van der Waals surface area contributed by atoms with Crippen molar-refractivity contribution in [1.29, 1.82) is 0 Å². The molecule has 0 aliphatic heterocycles. The largest absolute Gasteiger partial charge is 0.0883 e. The summed E-state index contributed by atoms with van der Waals surface area (Å²) in [6.07, 6.45) is 12.7. The molecule has 0 aromatic rings. The number of allylic oxidation sites excluding steroid dienone is 2. The van der Waals surface area contributed by atoms with Crippen LogP contribution in [0.1, 0.15) is 59.3 Å². The first-order chi connectivity index (χ1) is 5.85. The fourth-order valence-electron chi connectivity index (χ4n) is 1.36. The van der Waals surface area contributed by atoms with Gasteiger partial charge in [0, 0.05) is 0 Å². The molecule has 0 bridgehead atoms. The molecule has 1 atom stereocenters. The molecule has 12 heavy (non-hydrogen) atoms. The zero-order valence-electron chi connectivity index (χ0n) is 8.97. The zero-order chi connectivity index (χ0) is 9.23. The van der Waals surface area contributed by atoms with E-state index in [0.717, 1.165) is 5.92 Å². The van der Waals surface area contributed by atoms with Crippen LogP contribution < -0.4 is 0 Å². The van der Waals surface area contributed by atoms with E-state index in [1.165, 1.54) is 38.5 Å². The standard InChI is InChI=1S/C12H24/c1-4-7-9-11-12(6-3)10-8-5-2/h9,11-12H,4-8,10H2,1-3H3/b11-9+/t12-/m0/s1. The predicted molar refractivity (Wildman–Crippen MR) is 57.4 cm³/mol. The summed E-state index contributed by atoms with van der Waals surface area (Å²) < 4.78 is 0. The molecule has 0 amide bonds. The maximum Gasteiger partial charge on any atom is -0.0236 e. The van der Waals surface area contributed by atoms with Gasteiger partial charge in [0.2, 0.25) is 0 Å². The fraction of sp³-hybridized carbons (Fsp3) is 0.833. The summed E-state index contributed by atoms with van der Waals surface area (Å²) in [5.74, 6) is 0.844. The molecule has 0 heterocycles. The highest BCUT2D eigenvalue weighted by atomic mass is 14.0. The second-order valence-electron chi connectivity index (χ2n) is 3.53. The van der Waals surface area contributed by atoms with Crippen LogP contribution in [0, 0.1) is 5.92 Å². The molecule has 0 unspecified atom stereocenters. The first-order valence-corrected chi connectivity index (χ1v) is 5.51. The summed E-state index contributed by atoms with van der Waals surface area (Å²) in [7, 11) is 0. The van der Waals surface area contributed by atoms with Gasteiger partial charge in [-0.15, -0.1) is 0 Å². The van der Waals surface area contributed by atoms with Crippen molar-refractivity contribution in [2.45, 2.75) is 59.3 Å². The van der Waals surface area contributed by atoms with Gasteiger partial charge in [-0.3, -0.25) is 0 Å². The topological polar surface area (TPSA) is 0 Å². The van der Waals surface area contributed by atoms with E-state index in [2.05, 4.69) is 32.9 Å². The highest BCUT2D eigenvalue weighted by Crippen LogP contribution is 2.14. The van der Waals surface area contributed by atoms with Crippen molar-refractivity contribution in [3.05, 3.63) is 12.2 Å². The lowest BCUT2D eigenvalue weighted by molar-refractivity contribution is 0.539. The lowest BCUT2D eigenvalue weighted by Crippen LogP contribution is -1.93. The van der Waals surface area contributed by atoms with E-state index in [9.17, 15) is 0 Å². The van der Waals surface area contributed by atoms with Gasteiger partial charge in [-0.2, -0.15) is 0 Å². The van der Waals surface area contributed by atoms with Crippen LogP contribution in [0.2, 0.25) is 0 Å². The molecule has 0 aliphatic carbocycles. The smallest absolute Gasteiger partial charge is 0.0236 e. The zero-order valence-corrected chi connectivity index (χ0v) is 8.97. The first kappa shape index (κ1) is 11.7. The highest BCUT2D eigenvalue weighted by molar-refractivity contribution is 4.87. The monoisotopic (exact) mass is 168 g/mol. The Kier molecular flexibility index (Phi) is 8.64. The Bertz CT molecular complexity index is 103. The summed E-state index contributed by atoms with van der Waals surface area (Å²) in [5, 5.41) is 0. The van der Waals surface area contributed by atoms with Crippen molar-refractivity contribution < 1.29 is 0 Å². The van der Waals surface area contributed by atoms with Crippen molar-refractivity contribution in [3.63, 3.8) is 0 Å². The summed E-state index contributed by atoms with van der Waals surface area (Å²) in [6, 6.07) is 0. The van der Waals surface area contributed by atoms with E-state index in [1.807, 2.05) is 0 Å². The van der Waals surface area contributed by atoms with E-state index in [-0.39, 0.29) is 0 Å². The highest BCUT2D eigenvalue weighted by Gasteiger charge is 1.99. The summed E-state index contributed by atoms with van der Waals surface area (Å²) >= 11 is 0. The van der Waals surface area contributed by atoms with Gasteiger partial charge in [0.25, 0.3) is 0 Å². The molecule has 0 fully saturated rings. The van der Waals surface area contributed by atoms with E-state index in [0.29, 0.717) is 0 Å². The normalized spacial score (nSPS) is 13.9. The third kappa shape index (κ3) is 6.45. The van der Waals surface area contributed by atoms with Gasteiger partial charge in [-0.05, 0) is 25.2 Å². The Morgan fingerprint density at radius 2 is 1.83 bits per heavy atom. The summed E-state index contributed by atoms with van der Waals surface area (Å²) in [5.41, 5.74) is 0. The number of hydrogen-bond donors (Lipinski definition) is 0. The van der Waals surface area contributed by atoms with Gasteiger partial charge in [-0.1, -0.05) is 52.2 Å². The Balaban J connectivity index is 3.51. The van der Waals surface area contributed by atoms with Crippen LogP contribution in [0.4, 0.5) is 0 Å². The van der Waals surface area contributed by atoms with Gasteiger partial charge in [-0.25, -0.2) is 0 Å². The van der Waals surface area contributed by atoms with Crippen LogP contribution in [-0.2, 0) is 0 Å².